The second-order valence-corrected chi connectivity index (χ2v) is 10.3. The van der Waals surface area contributed by atoms with Crippen molar-refractivity contribution in [3.05, 3.63) is 46.0 Å². The first-order valence-corrected chi connectivity index (χ1v) is 12.6. The molecule has 2 aromatic heterocycles. The van der Waals surface area contributed by atoms with Gasteiger partial charge in [0.15, 0.2) is 5.82 Å². The van der Waals surface area contributed by atoms with Crippen LogP contribution in [0.4, 0.5) is 0 Å². The van der Waals surface area contributed by atoms with Gasteiger partial charge in [-0.15, -0.1) is 5.10 Å². The number of hydrogen-bond acceptors (Lipinski definition) is 6. The molecule has 8 heteroatoms. The van der Waals surface area contributed by atoms with E-state index in [1.807, 2.05) is 35.9 Å². The van der Waals surface area contributed by atoms with Crippen LogP contribution in [0, 0.1) is 0 Å². The van der Waals surface area contributed by atoms with Crippen LogP contribution >= 0.6 is 0 Å². The molecule has 34 heavy (non-hydrogen) atoms. The molecule has 0 radical (unpaired) electrons. The summed E-state index contributed by atoms with van der Waals surface area (Å²) in [6.45, 7) is 11.7. The van der Waals surface area contributed by atoms with E-state index in [4.69, 9.17) is 4.74 Å². The van der Waals surface area contributed by atoms with Gasteiger partial charge in [0.1, 0.15) is 5.75 Å². The average molecular weight is 467 g/mol. The second-order valence-electron chi connectivity index (χ2n) is 10.3. The number of hydrogen-bond donors (Lipinski definition) is 1. The Bertz CT molecular complexity index is 1160. The zero-order valence-electron chi connectivity index (χ0n) is 21.2. The van der Waals surface area contributed by atoms with Crippen LogP contribution in [-0.4, -0.2) is 42.7 Å². The Labute approximate surface area is 201 Å². The Morgan fingerprint density at radius 3 is 2.65 bits per heavy atom. The summed E-state index contributed by atoms with van der Waals surface area (Å²) in [5, 5.41) is 13.9. The fourth-order valence-electron chi connectivity index (χ4n) is 5.13. The van der Waals surface area contributed by atoms with Gasteiger partial charge in [-0.3, -0.25) is 9.69 Å². The fraction of sp³-hybridized carbons (Fsp3) is 0.615. The van der Waals surface area contributed by atoms with Gasteiger partial charge in [-0.05, 0) is 81.6 Å². The monoisotopic (exact) mass is 466 g/mol. The quantitative estimate of drug-likeness (QED) is 0.480. The summed E-state index contributed by atoms with van der Waals surface area (Å²) in [5.74, 6) is 1.70. The van der Waals surface area contributed by atoms with Gasteiger partial charge in [0.2, 0.25) is 0 Å². The number of aromatic amines is 1. The molecule has 2 heterocycles. The number of pyridine rings is 1. The van der Waals surface area contributed by atoms with Gasteiger partial charge >= 0.3 is 0 Å². The van der Waals surface area contributed by atoms with Gasteiger partial charge in [-0.1, -0.05) is 26.2 Å². The van der Waals surface area contributed by atoms with E-state index >= 15 is 0 Å². The molecule has 1 aliphatic carbocycles. The summed E-state index contributed by atoms with van der Waals surface area (Å²) in [6.07, 6.45) is 6.66. The number of ether oxygens (including phenoxy) is 1. The molecule has 1 aromatic carbocycles. The third kappa shape index (κ3) is 5.17. The molecule has 0 amide bonds. The lowest BCUT2D eigenvalue weighted by Crippen LogP contribution is -2.40. The minimum atomic E-state index is -0.220. The number of nitrogens with one attached hydrogen (secondary N) is 1. The summed E-state index contributed by atoms with van der Waals surface area (Å²) in [6, 6.07) is 8.29. The highest BCUT2D eigenvalue weighted by molar-refractivity contribution is 5.80. The first kappa shape index (κ1) is 24.4. The molecule has 1 aliphatic rings. The SMILES string of the molecule is CCC[C@@H](c1nnnn1C(C)(C)C)N(Cc1cc2cc(OCC)ccc2[nH]c1=O)C1CCCC1. The number of nitrogens with zero attached hydrogens (tertiary/aromatic N) is 5. The normalized spacial score (nSPS) is 15.9. The molecule has 1 N–H and O–H groups in total. The summed E-state index contributed by atoms with van der Waals surface area (Å²) >= 11 is 0. The molecular formula is C26H38N6O2. The Morgan fingerprint density at radius 2 is 1.97 bits per heavy atom. The average Bonchev–Trinajstić information content (AvgIpc) is 3.49. The van der Waals surface area contributed by atoms with E-state index in [1.165, 1.54) is 12.8 Å². The third-order valence-electron chi connectivity index (χ3n) is 6.74. The summed E-state index contributed by atoms with van der Waals surface area (Å²) in [4.78, 5) is 18.7. The fourth-order valence-corrected chi connectivity index (χ4v) is 5.13. The molecule has 4 rings (SSSR count). The van der Waals surface area contributed by atoms with Crippen molar-refractivity contribution >= 4 is 10.9 Å². The first-order chi connectivity index (χ1) is 16.3. The van der Waals surface area contributed by atoms with E-state index in [0.717, 1.165) is 53.7 Å². The lowest BCUT2D eigenvalue weighted by atomic mass is 10.0. The van der Waals surface area contributed by atoms with Gasteiger partial charge in [-0.2, -0.15) is 0 Å². The van der Waals surface area contributed by atoms with Crippen molar-refractivity contribution in [2.75, 3.05) is 6.61 Å². The number of benzene rings is 1. The molecule has 1 fully saturated rings. The van der Waals surface area contributed by atoms with Crippen molar-refractivity contribution in [3.8, 4) is 5.75 Å². The van der Waals surface area contributed by atoms with Crippen molar-refractivity contribution in [1.82, 2.24) is 30.1 Å². The van der Waals surface area contributed by atoms with Gasteiger partial charge in [0.05, 0.1) is 18.2 Å². The maximum atomic E-state index is 13.1. The minimum Gasteiger partial charge on any atom is -0.494 e. The second kappa shape index (κ2) is 10.3. The zero-order valence-corrected chi connectivity index (χ0v) is 21.2. The largest absolute Gasteiger partial charge is 0.494 e. The number of rotatable bonds is 9. The lowest BCUT2D eigenvalue weighted by Gasteiger charge is -2.36. The predicted octanol–water partition coefficient (Wildman–Crippen LogP) is 4.95. The number of aromatic nitrogens is 5. The third-order valence-corrected chi connectivity index (χ3v) is 6.74. The number of tetrazole rings is 1. The molecule has 1 saturated carbocycles. The van der Waals surface area contributed by atoms with Crippen LogP contribution in [0.1, 0.15) is 90.6 Å². The van der Waals surface area contributed by atoms with Gasteiger partial charge in [0, 0.05) is 29.1 Å². The summed E-state index contributed by atoms with van der Waals surface area (Å²) < 4.78 is 7.64. The Hall–Kier alpha value is -2.74. The zero-order chi connectivity index (χ0) is 24.3. The molecule has 0 spiro atoms. The molecule has 0 aliphatic heterocycles. The molecule has 1 atom stereocenters. The van der Waals surface area contributed by atoms with Crippen LogP contribution in [0.5, 0.6) is 5.75 Å². The lowest BCUT2D eigenvalue weighted by molar-refractivity contribution is 0.104. The summed E-state index contributed by atoms with van der Waals surface area (Å²) in [5.41, 5.74) is 1.34. The van der Waals surface area contributed by atoms with Crippen LogP contribution in [-0.2, 0) is 12.1 Å². The molecule has 0 unspecified atom stereocenters. The van der Waals surface area contributed by atoms with E-state index in [2.05, 4.69) is 53.1 Å². The molecule has 8 nitrogen and oxygen atoms in total. The van der Waals surface area contributed by atoms with E-state index in [9.17, 15) is 4.79 Å². The maximum Gasteiger partial charge on any atom is 0.252 e. The number of H-pyrrole nitrogens is 1. The minimum absolute atomic E-state index is 0.0367. The molecule has 184 valence electrons. The predicted molar refractivity (Wildman–Crippen MR) is 134 cm³/mol. The highest BCUT2D eigenvalue weighted by Crippen LogP contribution is 2.35. The van der Waals surface area contributed by atoms with E-state index in [-0.39, 0.29) is 17.1 Å². The van der Waals surface area contributed by atoms with Crippen LogP contribution in [0.25, 0.3) is 10.9 Å². The van der Waals surface area contributed by atoms with E-state index in [0.29, 0.717) is 19.2 Å². The van der Waals surface area contributed by atoms with Gasteiger partial charge in [-0.25, -0.2) is 4.68 Å². The van der Waals surface area contributed by atoms with Gasteiger partial charge < -0.3 is 9.72 Å². The topological polar surface area (TPSA) is 88.9 Å². The Kier molecular flexibility index (Phi) is 7.36. The van der Waals surface area contributed by atoms with E-state index < -0.39 is 0 Å². The molecule has 0 bridgehead atoms. The number of fused-ring (bicyclic) bond motifs is 1. The van der Waals surface area contributed by atoms with Crippen molar-refractivity contribution in [2.45, 2.75) is 97.3 Å². The van der Waals surface area contributed by atoms with Crippen LogP contribution in [0.3, 0.4) is 0 Å². The van der Waals surface area contributed by atoms with Gasteiger partial charge in [0.25, 0.3) is 5.56 Å². The summed E-state index contributed by atoms with van der Waals surface area (Å²) in [7, 11) is 0. The maximum absolute atomic E-state index is 13.1. The van der Waals surface area contributed by atoms with Crippen molar-refractivity contribution in [3.63, 3.8) is 0 Å². The van der Waals surface area contributed by atoms with Crippen molar-refractivity contribution in [2.24, 2.45) is 0 Å². The standard InChI is InChI=1S/C26H38N6O2/c1-6-10-23(24-28-29-30-32(24)26(3,4)5)31(20-11-8-9-12-20)17-19-15-18-16-21(34-7-2)13-14-22(18)27-25(19)33/h13-16,20,23H,6-12,17H2,1-5H3,(H,27,33)/t23-/m0/s1. The van der Waals surface area contributed by atoms with Crippen LogP contribution in [0.2, 0.25) is 0 Å². The highest BCUT2D eigenvalue weighted by atomic mass is 16.5. The van der Waals surface area contributed by atoms with Crippen molar-refractivity contribution < 1.29 is 4.74 Å². The molecule has 0 saturated heterocycles. The molecular weight excluding hydrogens is 428 g/mol. The van der Waals surface area contributed by atoms with Crippen LogP contribution in [0.15, 0.2) is 29.1 Å². The molecule has 3 aromatic rings. The van der Waals surface area contributed by atoms with Crippen molar-refractivity contribution in [1.29, 1.82) is 0 Å². The Balaban J connectivity index is 1.75. The first-order valence-electron chi connectivity index (χ1n) is 12.6. The van der Waals surface area contributed by atoms with Crippen LogP contribution < -0.4 is 10.3 Å². The Morgan fingerprint density at radius 1 is 1.21 bits per heavy atom. The van der Waals surface area contributed by atoms with E-state index in [1.54, 1.807) is 0 Å². The smallest absolute Gasteiger partial charge is 0.252 e. The highest BCUT2D eigenvalue weighted by Gasteiger charge is 2.35.